The summed E-state index contributed by atoms with van der Waals surface area (Å²) in [6, 6.07) is 7.14. The lowest BCUT2D eigenvalue weighted by molar-refractivity contribution is 0.441. The minimum absolute atomic E-state index is 0.0376. The zero-order valence-electron chi connectivity index (χ0n) is 17.3. The summed E-state index contributed by atoms with van der Waals surface area (Å²) in [6.07, 6.45) is 1.54. The van der Waals surface area contributed by atoms with Gasteiger partial charge in [-0.05, 0) is 37.1 Å². The van der Waals surface area contributed by atoms with Crippen molar-refractivity contribution in [2.24, 2.45) is 22.9 Å². The number of halogens is 1. The van der Waals surface area contributed by atoms with Crippen LogP contribution in [0.4, 0.5) is 23.5 Å². The molecule has 1 aromatic heterocycles. The van der Waals surface area contributed by atoms with Crippen LogP contribution in [-0.4, -0.2) is 65.3 Å². The van der Waals surface area contributed by atoms with E-state index in [-0.39, 0.29) is 24.2 Å². The number of anilines is 4. The first-order chi connectivity index (χ1) is 14.9. The molecule has 12 heteroatoms. The van der Waals surface area contributed by atoms with E-state index in [0.717, 1.165) is 18.5 Å². The van der Waals surface area contributed by atoms with Crippen LogP contribution in [0.5, 0.6) is 0 Å². The normalized spacial score (nSPS) is 26.6. The third-order valence-corrected chi connectivity index (χ3v) is 5.62. The van der Waals surface area contributed by atoms with Gasteiger partial charge in [-0.15, -0.1) is 0 Å². The van der Waals surface area contributed by atoms with E-state index in [1.165, 1.54) is 0 Å². The summed E-state index contributed by atoms with van der Waals surface area (Å²) in [6.45, 7) is 2.50. The number of hydrogen-bond acceptors (Lipinski definition) is 11. The fraction of sp³-hybridized carbons (Fsp3) is 0.526. The van der Waals surface area contributed by atoms with Crippen molar-refractivity contribution in [3.8, 4) is 0 Å². The van der Waals surface area contributed by atoms with Crippen molar-refractivity contribution in [3.63, 3.8) is 0 Å². The van der Waals surface area contributed by atoms with E-state index < -0.39 is 0 Å². The highest BCUT2D eigenvalue weighted by Crippen LogP contribution is 2.22. The van der Waals surface area contributed by atoms with Gasteiger partial charge in [-0.25, -0.2) is 0 Å². The number of nitrogens with two attached hydrogens (primary N) is 4. The van der Waals surface area contributed by atoms with Gasteiger partial charge >= 0.3 is 0 Å². The molecule has 2 saturated heterocycles. The van der Waals surface area contributed by atoms with Crippen LogP contribution < -0.4 is 43.6 Å². The van der Waals surface area contributed by atoms with Gasteiger partial charge in [0.05, 0.1) is 5.69 Å². The molecular weight excluding hydrogens is 418 g/mol. The number of aromatic nitrogens is 3. The molecule has 2 fully saturated rings. The van der Waals surface area contributed by atoms with Gasteiger partial charge in [0, 0.05) is 55.4 Å². The molecule has 31 heavy (non-hydrogen) atoms. The van der Waals surface area contributed by atoms with Crippen molar-refractivity contribution in [2.45, 2.75) is 37.0 Å². The quantitative estimate of drug-likeness (QED) is 0.332. The Labute approximate surface area is 186 Å². The van der Waals surface area contributed by atoms with Crippen LogP contribution in [0.25, 0.3) is 0 Å². The monoisotopic (exact) mass is 447 g/mol. The van der Waals surface area contributed by atoms with E-state index >= 15 is 0 Å². The van der Waals surface area contributed by atoms with E-state index in [2.05, 4.69) is 20.8 Å². The van der Waals surface area contributed by atoms with Crippen molar-refractivity contribution < 1.29 is 0 Å². The first-order valence-electron chi connectivity index (χ1n) is 10.4. The molecule has 4 unspecified atom stereocenters. The maximum Gasteiger partial charge on any atom is 0.248 e. The van der Waals surface area contributed by atoms with E-state index in [1.54, 1.807) is 12.1 Å². The Morgan fingerprint density at radius 2 is 1.16 bits per heavy atom. The highest BCUT2D eigenvalue weighted by molar-refractivity contribution is 6.30. The van der Waals surface area contributed by atoms with E-state index in [4.69, 9.17) is 39.5 Å². The maximum absolute atomic E-state index is 6.18. The lowest BCUT2D eigenvalue weighted by Gasteiger charge is -2.37. The molecule has 0 spiro atoms. The second-order valence-corrected chi connectivity index (χ2v) is 8.77. The summed E-state index contributed by atoms with van der Waals surface area (Å²) in [5, 5.41) is 0.658. The molecule has 0 aliphatic carbocycles. The first-order valence-corrected chi connectivity index (χ1v) is 10.8. The smallest absolute Gasteiger partial charge is 0.248 e. The Morgan fingerprint density at radius 1 is 0.710 bits per heavy atom. The highest BCUT2D eigenvalue weighted by Gasteiger charge is 2.28. The fourth-order valence-electron chi connectivity index (χ4n) is 4.04. The zero-order valence-corrected chi connectivity index (χ0v) is 18.0. The number of rotatable bonds is 5. The van der Waals surface area contributed by atoms with Crippen LogP contribution in [-0.2, 0) is 0 Å². The van der Waals surface area contributed by atoms with Gasteiger partial charge in [-0.3, -0.25) is 10.9 Å². The highest BCUT2D eigenvalue weighted by atomic mass is 35.5. The molecule has 2 aliphatic heterocycles. The molecule has 4 atom stereocenters. The third-order valence-electron chi connectivity index (χ3n) is 5.37. The largest absolute Gasteiger partial charge is 0.338 e. The summed E-state index contributed by atoms with van der Waals surface area (Å²) in [5.74, 6) is 1.41. The molecule has 11 nitrogen and oxygen atoms in total. The first kappa shape index (κ1) is 21.8. The van der Waals surface area contributed by atoms with Crippen LogP contribution >= 0.6 is 11.6 Å². The SMILES string of the molecule is NC1CC(N)CN(c2nc(NNc3ccc(Cl)cc3)nc(N3CC(N)CC(N)C3)n2)C1. The molecule has 0 bridgehead atoms. The topological polar surface area (TPSA) is 173 Å². The molecule has 2 aromatic rings. The van der Waals surface area contributed by atoms with Crippen LogP contribution in [0.15, 0.2) is 24.3 Å². The lowest BCUT2D eigenvalue weighted by Crippen LogP contribution is -2.54. The summed E-state index contributed by atoms with van der Waals surface area (Å²) < 4.78 is 0. The number of hydrazine groups is 1. The standard InChI is InChI=1S/C19H30ClN11/c20-11-1-3-16(4-2-11)28-29-17-25-18(30-7-12(21)5-13(22)8-30)27-19(26-17)31-9-14(23)6-15(24)10-31/h1-4,12-15,28H,5-10,21-24H2,(H,25,26,27,29). The van der Waals surface area contributed by atoms with Crippen molar-refractivity contribution in [1.82, 2.24) is 15.0 Å². The Balaban J connectivity index is 1.60. The molecule has 1 aromatic carbocycles. The molecule has 2 aliphatic rings. The molecule has 3 heterocycles. The van der Waals surface area contributed by atoms with Crippen molar-refractivity contribution in [1.29, 1.82) is 0 Å². The number of benzene rings is 1. The fourth-order valence-corrected chi connectivity index (χ4v) is 4.16. The minimum Gasteiger partial charge on any atom is -0.338 e. The van der Waals surface area contributed by atoms with Crippen LogP contribution in [0, 0.1) is 0 Å². The van der Waals surface area contributed by atoms with E-state index in [0.29, 0.717) is 49.0 Å². The predicted molar refractivity (Wildman–Crippen MR) is 124 cm³/mol. The Kier molecular flexibility index (Phi) is 6.58. The molecule has 168 valence electrons. The van der Waals surface area contributed by atoms with Gasteiger partial charge in [0.1, 0.15) is 0 Å². The average molecular weight is 448 g/mol. The van der Waals surface area contributed by atoms with Crippen molar-refractivity contribution in [2.75, 3.05) is 46.8 Å². The second kappa shape index (κ2) is 9.37. The van der Waals surface area contributed by atoms with Crippen molar-refractivity contribution in [3.05, 3.63) is 29.3 Å². The molecule has 0 amide bonds. The van der Waals surface area contributed by atoms with Crippen LogP contribution in [0.3, 0.4) is 0 Å². The molecule has 0 radical (unpaired) electrons. The summed E-state index contributed by atoms with van der Waals surface area (Å²) in [5.41, 5.74) is 31.7. The van der Waals surface area contributed by atoms with Gasteiger partial charge in [-0.2, -0.15) is 15.0 Å². The van der Waals surface area contributed by atoms with Gasteiger partial charge in [0.25, 0.3) is 0 Å². The molecule has 10 N–H and O–H groups in total. The minimum atomic E-state index is -0.0376. The van der Waals surface area contributed by atoms with Crippen molar-refractivity contribution >= 4 is 35.1 Å². The average Bonchev–Trinajstić information content (AvgIpc) is 2.72. The van der Waals surface area contributed by atoms with Gasteiger partial charge in [0.2, 0.25) is 17.8 Å². The van der Waals surface area contributed by atoms with Gasteiger partial charge < -0.3 is 32.7 Å². The Hall–Kier alpha value is -2.44. The lowest BCUT2D eigenvalue weighted by atomic mass is 10.0. The second-order valence-electron chi connectivity index (χ2n) is 8.34. The maximum atomic E-state index is 6.18. The van der Waals surface area contributed by atoms with Crippen LogP contribution in [0.2, 0.25) is 5.02 Å². The number of nitrogens with zero attached hydrogens (tertiary/aromatic N) is 5. The summed E-state index contributed by atoms with van der Waals surface area (Å²) >= 11 is 5.96. The summed E-state index contributed by atoms with van der Waals surface area (Å²) in [4.78, 5) is 17.9. The number of nitrogens with one attached hydrogen (secondary N) is 2. The number of piperidine rings is 2. The van der Waals surface area contributed by atoms with Crippen LogP contribution in [0.1, 0.15) is 12.8 Å². The third kappa shape index (κ3) is 5.63. The predicted octanol–water partition coefficient (Wildman–Crippen LogP) is -0.307. The van der Waals surface area contributed by atoms with Gasteiger partial charge in [0.15, 0.2) is 0 Å². The Bertz CT molecular complexity index is 815. The summed E-state index contributed by atoms with van der Waals surface area (Å²) in [7, 11) is 0. The Morgan fingerprint density at radius 3 is 1.61 bits per heavy atom. The molecular formula is C19H30ClN11. The van der Waals surface area contributed by atoms with E-state index in [1.807, 2.05) is 21.9 Å². The molecule has 4 rings (SSSR count). The zero-order chi connectivity index (χ0) is 22.0. The van der Waals surface area contributed by atoms with E-state index in [9.17, 15) is 0 Å². The molecule has 0 saturated carbocycles. The number of hydrogen-bond donors (Lipinski definition) is 6. The van der Waals surface area contributed by atoms with Gasteiger partial charge in [-0.1, -0.05) is 11.6 Å².